The summed E-state index contributed by atoms with van der Waals surface area (Å²) < 4.78 is 4.75. The van der Waals surface area contributed by atoms with Gasteiger partial charge in [0.05, 0.1) is 18.9 Å². The highest BCUT2D eigenvalue weighted by Crippen LogP contribution is 2.27. The highest BCUT2D eigenvalue weighted by Gasteiger charge is 2.35. The minimum atomic E-state index is -0.755. The maximum absolute atomic E-state index is 11.0. The largest absolute Gasteiger partial charge is 0.481 e. The Hall–Kier alpha value is -1.10. The molecule has 2 atom stereocenters. The fraction of sp³-hybridized carbons (Fsp3) is 0.800. The Labute approximate surface area is 88.8 Å². The van der Waals surface area contributed by atoms with E-state index in [4.69, 9.17) is 9.84 Å². The first-order valence-corrected chi connectivity index (χ1v) is 5.27. The fourth-order valence-corrected chi connectivity index (χ4v) is 1.63. The quantitative estimate of drug-likeness (QED) is 0.627. The molecule has 5 heteroatoms. The number of nitrogens with one attached hydrogen (secondary N) is 1. The number of carboxylic acids is 1. The van der Waals surface area contributed by atoms with Crippen molar-refractivity contribution in [2.45, 2.75) is 32.2 Å². The van der Waals surface area contributed by atoms with Crippen molar-refractivity contribution in [2.75, 3.05) is 13.2 Å². The Bertz CT molecular complexity index is 242. The molecule has 0 heterocycles. The van der Waals surface area contributed by atoms with Crippen LogP contribution < -0.4 is 5.32 Å². The molecular formula is C10H17NO4. The molecule has 2 N–H and O–H groups in total. The second-order valence-electron chi connectivity index (χ2n) is 3.64. The molecule has 0 aromatic rings. The van der Waals surface area contributed by atoms with Crippen LogP contribution in [-0.4, -0.2) is 36.2 Å². The van der Waals surface area contributed by atoms with Crippen LogP contribution in [0.15, 0.2) is 0 Å². The molecule has 1 aliphatic carbocycles. The molecule has 1 saturated carbocycles. The van der Waals surface area contributed by atoms with Gasteiger partial charge in [0.25, 0.3) is 0 Å². The molecule has 2 unspecified atom stereocenters. The van der Waals surface area contributed by atoms with E-state index in [0.717, 1.165) is 12.8 Å². The van der Waals surface area contributed by atoms with Crippen molar-refractivity contribution in [2.24, 2.45) is 5.92 Å². The zero-order valence-electron chi connectivity index (χ0n) is 8.86. The topological polar surface area (TPSA) is 75.6 Å². The summed E-state index contributed by atoms with van der Waals surface area (Å²) in [5, 5.41) is 11.8. The second-order valence-corrected chi connectivity index (χ2v) is 3.64. The number of ether oxygens (including phenoxy) is 1. The summed E-state index contributed by atoms with van der Waals surface area (Å²) in [6, 6.07) is 0.0249. The van der Waals surface area contributed by atoms with E-state index >= 15 is 0 Å². The average molecular weight is 215 g/mol. The van der Waals surface area contributed by atoms with Gasteiger partial charge in [0.2, 0.25) is 0 Å². The van der Waals surface area contributed by atoms with Crippen LogP contribution in [0.1, 0.15) is 26.2 Å². The Morgan fingerprint density at radius 2 is 2.20 bits per heavy atom. The highest BCUT2D eigenvalue weighted by atomic mass is 16.5. The van der Waals surface area contributed by atoms with E-state index in [1.807, 2.05) is 0 Å². The van der Waals surface area contributed by atoms with Crippen LogP contribution >= 0.6 is 0 Å². The lowest BCUT2D eigenvalue weighted by atomic mass is 9.79. The van der Waals surface area contributed by atoms with E-state index in [1.54, 1.807) is 6.92 Å². The number of hydrogen-bond donors (Lipinski definition) is 2. The highest BCUT2D eigenvalue weighted by molar-refractivity contribution is 5.72. The molecular weight excluding hydrogens is 198 g/mol. The number of rotatable bonds is 6. The summed E-state index contributed by atoms with van der Waals surface area (Å²) in [7, 11) is 0. The third-order valence-corrected chi connectivity index (χ3v) is 2.63. The Balaban J connectivity index is 2.10. The predicted octanol–water partition coefficient (Wildman–Crippen LogP) is 0.392. The molecule has 1 rings (SSSR count). The molecule has 86 valence electrons. The van der Waals surface area contributed by atoms with Gasteiger partial charge >= 0.3 is 11.9 Å². The van der Waals surface area contributed by atoms with Crippen LogP contribution in [0.4, 0.5) is 0 Å². The second kappa shape index (κ2) is 5.70. The fourth-order valence-electron chi connectivity index (χ4n) is 1.63. The van der Waals surface area contributed by atoms with Gasteiger partial charge in [-0.25, -0.2) is 0 Å². The van der Waals surface area contributed by atoms with Gasteiger partial charge in [-0.15, -0.1) is 0 Å². The van der Waals surface area contributed by atoms with Gasteiger partial charge in [0.15, 0.2) is 0 Å². The summed E-state index contributed by atoms with van der Waals surface area (Å²) in [5.74, 6) is -1.28. The Morgan fingerprint density at radius 3 is 2.67 bits per heavy atom. The SMILES string of the molecule is CCOC(=O)CCNC1CCC1C(=O)O. The molecule has 0 spiro atoms. The number of carbonyl (C=O) groups is 2. The third kappa shape index (κ3) is 3.51. The van der Waals surface area contributed by atoms with Crippen molar-refractivity contribution in [3.05, 3.63) is 0 Å². The molecule has 0 aromatic carbocycles. The van der Waals surface area contributed by atoms with Crippen molar-refractivity contribution in [3.63, 3.8) is 0 Å². The van der Waals surface area contributed by atoms with Gasteiger partial charge in [-0.1, -0.05) is 0 Å². The zero-order chi connectivity index (χ0) is 11.3. The molecule has 5 nitrogen and oxygen atoms in total. The third-order valence-electron chi connectivity index (χ3n) is 2.63. The molecule has 0 saturated heterocycles. The number of carboxylic acid groups (broad SMARTS) is 1. The van der Waals surface area contributed by atoms with Crippen LogP contribution in [0, 0.1) is 5.92 Å². The van der Waals surface area contributed by atoms with Crippen LogP contribution in [-0.2, 0) is 14.3 Å². The summed E-state index contributed by atoms with van der Waals surface area (Å²) >= 11 is 0. The maximum Gasteiger partial charge on any atom is 0.308 e. The predicted molar refractivity (Wildman–Crippen MR) is 53.4 cm³/mol. The van der Waals surface area contributed by atoms with Gasteiger partial charge in [-0.05, 0) is 19.8 Å². The van der Waals surface area contributed by atoms with Crippen molar-refractivity contribution in [3.8, 4) is 0 Å². The van der Waals surface area contributed by atoms with Gasteiger partial charge in [-0.3, -0.25) is 9.59 Å². The minimum absolute atomic E-state index is 0.0249. The molecule has 0 aliphatic heterocycles. The monoisotopic (exact) mass is 215 g/mol. The Morgan fingerprint density at radius 1 is 1.47 bits per heavy atom. The van der Waals surface area contributed by atoms with Crippen LogP contribution in [0.25, 0.3) is 0 Å². The number of esters is 1. The lowest BCUT2D eigenvalue weighted by Crippen LogP contribution is -2.48. The lowest BCUT2D eigenvalue weighted by Gasteiger charge is -2.34. The van der Waals surface area contributed by atoms with Crippen LogP contribution in [0.3, 0.4) is 0 Å². The van der Waals surface area contributed by atoms with Crippen LogP contribution in [0.2, 0.25) is 0 Å². The maximum atomic E-state index is 11.0. The number of carbonyl (C=O) groups excluding carboxylic acids is 1. The van der Waals surface area contributed by atoms with Gasteiger partial charge in [0, 0.05) is 12.6 Å². The molecule has 1 fully saturated rings. The first-order valence-electron chi connectivity index (χ1n) is 5.27. The van der Waals surface area contributed by atoms with Crippen molar-refractivity contribution in [1.82, 2.24) is 5.32 Å². The summed E-state index contributed by atoms with van der Waals surface area (Å²) in [4.78, 5) is 21.6. The lowest BCUT2D eigenvalue weighted by molar-refractivity contribution is -0.146. The zero-order valence-corrected chi connectivity index (χ0v) is 8.86. The average Bonchev–Trinajstić information content (AvgIpc) is 2.09. The van der Waals surface area contributed by atoms with E-state index < -0.39 is 5.97 Å². The van der Waals surface area contributed by atoms with Gasteiger partial charge in [-0.2, -0.15) is 0 Å². The molecule has 15 heavy (non-hydrogen) atoms. The normalized spacial score (nSPS) is 24.3. The van der Waals surface area contributed by atoms with E-state index in [1.165, 1.54) is 0 Å². The molecule has 0 aromatic heterocycles. The van der Waals surface area contributed by atoms with Crippen molar-refractivity contribution < 1.29 is 19.4 Å². The van der Waals surface area contributed by atoms with Crippen molar-refractivity contribution in [1.29, 1.82) is 0 Å². The molecule has 0 amide bonds. The van der Waals surface area contributed by atoms with Gasteiger partial charge < -0.3 is 15.2 Å². The molecule has 0 bridgehead atoms. The van der Waals surface area contributed by atoms with E-state index in [2.05, 4.69) is 5.32 Å². The van der Waals surface area contributed by atoms with Crippen LogP contribution in [0.5, 0.6) is 0 Å². The summed E-state index contributed by atoms with van der Waals surface area (Å²) in [6.07, 6.45) is 1.91. The van der Waals surface area contributed by atoms with E-state index in [9.17, 15) is 9.59 Å². The van der Waals surface area contributed by atoms with Gasteiger partial charge in [0.1, 0.15) is 0 Å². The Kier molecular flexibility index (Phi) is 4.55. The van der Waals surface area contributed by atoms with E-state index in [-0.39, 0.29) is 17.9 Å². The number of aliphatic carboxylic acids is 1. The smallest absolute Gasteiger partial charge is 0.308 e. The summed E-state index contributed by atoms with van der Waals surface area (Å²) in [6.45, 7) is 2.64. The standard InChI is InChI=1S/C10H17NO4/c1-2-15-9(12)5-6-11-8-4-3-7(8)10(13)14/h7-8,11H,2-6H2,1H3,(H,13,14). The summed E-state index contributed by atoms with van der Waals surface area (Å²) in [5.41, 5.74) is 0. The molecule has 0 radical (unpaired) electrons. The first-order chi connectivity index (χ1) is 7.15. The van der Waals surface area contributed by atoms with Crippen molar-refractivity contribution >= 4 is 11.9 Å². The van der Waals surface area contributed by atoms with E-state index in [0.29, 0.717) is 19.6 Å². The first kappa shape index (κ1) is 12.0. The molecule has 1 aliphatic rings. The minimum Gasteiger partial charge on any atom is -0.481 e. The number of hydrogen-bond acceptors (Lipinski definition) is 4.